The molecule has 78 valence electrons. The molecule has 0 bridgehead atoms. The maximum Gasteiger partial charge on any atom is 0.333 e. The van der Waals surface area contributed by atoms with E-state index in [9.17, 15) is 14.4 Å². The lowest BCUT2D eigenvalue weighted by Gasteiger charge is -2.16. The van der Waals surface area contributed by atoms with Crippen LogP contribution in [0.1, 0.15) is 6.92 Å². The van der Waals surface area contributed by atoms with E-state index in [-0.39, 0.29) is 12.5 Å². The maximum absolute atomic E-state index is 11.4. The van der Waals surface area contributed by atoms with Crippen LogP contribution in [0.15, 0.2) is 0 Å². The van der Waals surface area contributed by atoms with E-state index in [1.807, 2.05) is 6.92 Å². The fourth-order valence-corrected chi connectivity index (χ4v) is 1.34. The maximum atomic E-state index is 11.4. The van der Waals surface area contributed by atoms with Gasteiger partial charge in [-0.05, 0) is 5.92 Å². The average molecular weight is 263 g/mol. The Morgan fingerprint density at radius 3 is 2.21 bits per heavy atom. The predicted octanol–water partition coefficient (Wildman–Crippen LogP) is 0.438. The van der Waals surface area contributed by atoms with Crippen LogP contribution in [0.5, 0.6) is 0 Å². The Hall–Kier alpha value is -0.910. The highest BCUT2D eigenvalue weighted by molar-refractivity contribution is 9.09. The zero-order chi connectivity index (χ0) is 10.9. The van der Waals surface area contributed by atoms with E-state index < -0.39 is 17.8 Å². The quantitative estimate of drug-likeness (QED) is 0.421. The van der Waals surface area contributed by atoms with Gasteiger partial charge in [-0.2, -0.15) is 0 Å². The molecule has 0 aromatic heterocycles. The first kappa shape index (κ1) is 11.2. The molecular formula is C8H11BrN2O3. The summed E-state index contributed by atoms with van der Waals surface area (Å²) in [5, 5.41) is 0.683. The summed E-state index contributed by atoms with van der Waals surface area (Å²) in [6.07, 6.45) is 0. The summed E-state index contributed by atoms with van der Waals surface area (Å²) >= 11 is 3.24. The van der Waals surface area contributed by atoms with Gasteiger partial charge < -0.3 is 0 Å². The fraction of sp³-hybridized carbons (Fsp3) is 0.625. The number of hydrogen-bond donors (Lipinski definition) is 0. The van der Waals surface area contributed by atoms with E-state index in [1.165, 1.54) is 7.05 Å². The molecule has 0 aliphatic carbocycles. The molecule has 1 unspecified atom stereocenters. The van der Waals surface area contributed by atoms with Gasteiger partial charge in [-0.25, -0.2) is 4.79 Å². The lowest BCUT2D eigenvalue weighted by atomic mass is 10.2. The van der Waals surface area contributed by atoms with E-state index in [4.69, 9.17) is 0 Å². The molecule has 0 N–H and O–H groups in total. The van der Waals surface area contributed by atoms with Gasteiger partial charge in [0.2, 0.25) is 0 Å². The number of halogens is 1. The lowest BCUT2D eigenvalue weighted by molar-refractivity contribution is -0.143. The van der Waals surface area contributed by atoms with Crippen molar-refractivity contribution in [3.05, 3.63) is 0 Å². The number of alkyl halides is 1. The Labute approximate surface area is 90.2 Å². The van der Waals surface area contributed by atoms with Crippen molar-refractivity contribution in [2.75, 3.05) is 18.9 Å². The largest absolute Gasteiger partial charge is 0.333 e. The smallest absolute Gasteiger partial charge is 0.263 e. The van der Waals surface area contributed by atoms with Crippen molar-refractivity contribution in [3.63, 3.8) is 0 Å². The minimum Gasteiger partial charge on any atom is -0.263 e. The second-order valence-electron chi connectivity index (χ2n) is 3.32. The zero-order valence-electron chi connectivity index (χ0n) is 7.99. The van der Waals surface area contributed by atoms with Gasteiger partial charge in [0.05, 0.1) is 0 Å². The molecule has 1 rings (SSSR count). The van der Waals surface area contributed by atoms with Gasteiger partial charge in [0.15, 0.2) is 0 Å². The van der Waals surface area contributed by atoms with Crippen LogP contribution in [0.3, 0.4) is 0 Å². The summed E-state index contributed by atoms with van der Waals surface area (Å²) < 4.78 is 0. The fourth-order valence-electron chi connectivity index (χ4n) is 1.14. The third-order valence-corrected chi connectivity index (χ3v) is 3.11. The summed E-state index contributed by atoms with van der Waals surface area (Å²) in [4.78, 5) is 35.6. The van der Waals surface area contributed by atoms with Gasteiger partial charge in [-0.3, -0.25) is 19.4 Å². The molecule has 1 heterocycles. The van der Waals surface area contributed by atoms with Crippen molar-refractivity contribution in [1.29, 1.82) is 0 Å². The molecule has 0 saturated carbocycles. The van der Waals surface area contributed by atoms with E-state index in [0.29, 0.717) is 5.33 Å². The van der Waals surface area contributed by atoms with Crippen molar-refractivity contribution in [3.8, 4) is 0 Å². The SMILES string of the molecule is CC(CBr)CN1C(=O)C(=O)N(C)C1=O. The molecule has 1 aliphatic rings. The summed E-state index contributed by atoms with van der Waals surface area (Å²) in [5.41, 5.74) is 0. The molecule has 1 aliphatic heterocycles. The number of carbonyl (C=O) groups excluding carboxylic acids is 3. The molecule has 1 atom stereocenters. The monoisotopic (exact) mass is 262 g/mol. The molecule has 0 spiro atoms. The predicted molar refractivity (Wildman–Crippen MR) is 52.8 cm³/mol. The molecule has 0 aromatic rings. The number of likely N-dealkylation sites (N-methyl/N-ethyl adjacent to an activating group) is 1. The number of amides is 4. The van der Waals surface area contributed by atoms with E-state index in [0.717, 1.165) is 9.80 Å². The molecule has 14 heavy (non-hydrogen) atoms. The van der Waals surface area contributed by atoms with Crippen LogP contribution in [0.4, 0.5) is 4.79 Å². The molecule has 6 heteroatoms. The van der Waals surface area contributed by atoms with Gasteiger partial charge >= 0.3 is 17.8 Å². The van der Waals surface area contributed by atoms with Gasteiger partial charge in [-0.15, -0.1) is 0 Å². The number of nitrogens with zero attached hydrogens (tertiary/aromatic N) is 2. The number of carbonyl (C=O) groups is 3. The van der Waals surface area contributed by atoms with Gasteiger partial charge in [-0.1, -0.05) is 22.9 Å². The van der Waals surface area contributed by atoms with Gasteiger partial charge in [0.1, 0.15) is 0 Å². The standard InChI is InChI=1S/C8H11BrN2O3/c1-5(3-9)4-11-7(13)6(12)10(2)8(11)14/h5H,3-4H2,1-2H3. The van der Waals surface area contributed by atoms with Crippen LogP contribution < -0.4 is 0 Å². The summed E-state index contributed by atoms with van der Waals surface area (Å²) in [6, 6.07) is -0.534. The molecule has 0 radical (unpaired) electrons. The summed E-state index contributed by atoms with van der Waals surface area (Å²) in [5.74, 6) is -1.34. The number of urea groups is 1. The summed E-state index contributed by atoms with van der Waals surface area (Å²) in [7, 11) is 1.31. The second kappa shape index (κ2) is 4.08. The minimum absolute atomic E-state index is 0.141. The van der Waals surface area contributed by atoms with Crippen LogP contribution in [0.25, 0.3) is 0 Å². The van der Waals surface area contributed by atoms with Crippen LogP contribution in [0.2, 0.25) is 0 Å². The van der Waals surface area contributed by atoms with Crippen LogP contribution in [-0.4, -0.2) is 46.6 Å². The molecule has 1 saturated heterocycles. The lowest BCUT2D eigenvalue weighted by Crippen LogP contribution is -2.35. The van der Waals surface area contributed by atoms with Gasteiger partial charge in [0.25, 0.3) is 0 Å². The Balaban J connectivity index is 2.75. The highest BCUT2D eigenvalue weighted by Crippen LogP contribution is 2.13. The Kier molecular flexibility index (Phi) is 3.25. The first-order valence-electron chi connectivity index (χ1n) is 4.18. The van der Waals surface area contributed by atoms with Crippen LogP contribution in [-0.2, 0) is 9.59 Å². The van der Waals surface area contributed by atoms with E-state index in [2.05, 4.69) is 15.9 Å². The Morgan fingerprint density at radius 2 is 1.86 bits per heavy atom. The van der Waals surface area contributed by atoms with E-state index >= 15 is 0 Å². The normalized spacial score (nSPS) is 19.5. The molecule has 4 amide bonds. The molecule has 5 nitrogen and oxygen atoms in total. The number of rotatable bonds is 3. The number of hydrogen-bond acceptors (Lipinski definition) is 3. The summed E-state index contributed by atoms with van der Waals surface area (Å²) in [6.45, 7) is 2.16. The van der Waals surface area contributed by atoms with Gasteiger partial charge in [0, 0.05) is 18.9 Å². The highest BCUT2D eigenvalue weighted by Gasteiger charge is 2.42. The van der Waals surface area contributed by atoms with Crippen molar-refractivity contribution in [2.45, 2.75) is 6.92 Å². The second-order valence-corrected chi connectivity index (χ2v) is 3.97. The molecule has 0 aromatic carbocycles. The minimum atomic E-state index is -0.753. The van der Waals surface area contributed by atoms with E-state index in [1.54, 1.807) is 0 Å². The number of imide groups is 2. The van der Waals surface area contributed by atoms with Crippen LogP contribution in [0, 0.1) is 5.92 Å². The third-order valence-electron chi connectivity index (χ3n) is 2.01. The Morgan fingerprint density at radius 1 is 1.29 bits per heavy atom. The van der Waals surface area contributed by atoms with Crippen molar-refractivity contribution < 1.29 is 14.4 Å². The Bertz CT molecular complexity index is 292. The first-order valence-corrected chi connectivity index (χ1v) is 5.30. The zero-order valence-corrected chi connectivity index (χ0v) is 9.57. The van der Waals surface area contributed by atoms with Crippen LogP contribution >= 0.6 is 15.9 Å². The molecule has 1 fully saturated rings. The average Bonchev–Trinajstić information content (AvgIpc) is 2.35. The first-order chi connectivity index (χ1) is 6.49. The topological polar surface area (TPSA) is 57.7 Å². The van der Waals surface area contributed by atoms with Crippen molar-refractivity contribution >= 4 is 33.8 Å². The van der Waals surface area contributed by atoms with Crippen molar-refractivity contribution in [1.82, 2.24) is 9.80 Å². The molecular weight excluding hydrogens is 252 g/mol. The van der Waals surface area contributed by atoms with Crippen molar-refractivity contribution in [2.24, 2.45) is 5.92 Å². The third kappa shape index (κ3) is 1.79. The highest BCUT2D eigenvalue weighted by atomic mass is 79.9.